The zero-order valence-electron chi connectivity index (χ0n) is 16.9. The molecular formula is C23H19ClN4O4. The Labute approximate surface area is 188 Å². The van der Waals surface area contributed by atoms with Crippen molar-refractivity contribution in [2.24, 2.45) is 0 Å². The third-order valence-corrected chi connectivity index (χ3v) is 5.13. The van der Waals surface area contributed by atoms with Crippen LogP contribution in [0.25, 0.3) is 6.08 Å². The number of allylic oxidation sites excluding steroid dienone is 2. The van der Waals surface area contributed by atoms with Crippen LogP contribution in [0.5, 0.6) is 5.75 Å². The van der Waals surface area contributed by atoms with Gasteiger partial charge >= 0.3 is 5.97 Å². The Balaban J connectivity index is 1.63. The number of aliphatic carboxylic acids is 1. The molecule has 8 nitrogen and oxygen atoms in total. The number of benzene rings is 2. The molecule has 1 unspecified atom stereocenters. The summed E-state index contributed by atoms with van der Waals surface area (Å²) < 4.78 is 6.67. The molecule has 0 saturated heterocycles. The molecule has 1 aromatic heterocycles. The lowest BCUT2D eigenvalue weighted by molar-refractivity contribution is -0.132. The third kappa shape index (κ3) is 4.35. The summed E-state index contributed by atoms with van der Waals surface area (Å²) in [6.45, 7) is 0. The fourth-order valence-corrected chi connectivity index (χ4v) is 3.53. The first-order valence-electron chi connectivity index (χ1n) is 9.64. The van der Waals surface area contributed by atoms with Gasteiger partial charge in [-0.2, -0.15) is 5.10 Å². The van der Waals surface area contributed by atoms with Gasteiger partial charge in [0.05, 0.1) is 24.4 Å². The molecule has 0 aliphatic carbocycles. The molecule has 4 rings (SSSR count). The van der Waals surface area contributed by atoms with Gasteiger partial charge in [-0.05, 0) is 29.8 Å². The minimum atomic E-state index is -1.14. The summed E-state index contributed by atoms with van der Waals surface area (Å²) in [5, 5.41) is 19.7. The fraction of sp³-hybridized carbons (Fsp3) is 0.0870. The first-order valence-corrected chi connectivity index (χ1v) is 10.0. The van der Waals surface area contributed by atoms with Gasteiger partial charge < -0.3 is 20.5 Å². The standard InChI is InChI=1S/C23H19ClN4O4/c1-32-20-10-8-15(11-18(20)24)26-22(29)17-13-25-28-16(9-7-14-5-3-2-4-6-14)12-19(23(30)31)27-21(17)28/h2-13,16,27H,1H3,(H,26,29)(H,30,31). The Kier molecular flexibility index (Phi) is 5.96. The summed E-state index contributed by atoms with van der Waals surface area (Å²) in [5.41, 5.74) is 1.58. The van der Waals surface area contributed by atoms with Gasteiger partial charge in [0.2, 0.25) is 0 Å². The van der Waals surface area contributed by atoms with E-state index in [-0.39, 0.29) is 17.1 Å². The maximum Gasteiger partial charge on any atom is 0.352 e. The lowest BCUT2D eigenvalue weighted by atomic mass is 10.1. The molecule has 2 aromatic carbocycles. The number of hydrogen-bond donors (Lipinski definition) is 3. The number of carboxylic acids is 1. The number of methoxy groups -OCH3 is 1. The van der Waals surface area contributed by atoms with Crippen LogP contribution >= 0.6 is 11.6 Å². The number of carbonyl (C=O) groups excluding carboxylic acids is 1. The van der Waals surface area contributed by atoms with Crippen molar-refractivity contribution in [2.45, 2.75) is 6.04 Å². The molecule has 1 aliphatic rings. The van der Waals surface area contributed by atoms with Crippen LogP contribution in [0.2, 0.25) is 5.02 Å². The minimum absolute atomic E-state index is 0.0396. The number of anilines is 2. The smallest absolute Gasteiger partial charge is 0.352 e. The van der Waals surface area contributed by atoms with E-state index < -0.39 is 17.9 Å². The van der Waals surface area contributed by atoms with Crippen LogP contribution in [0, 0.1) is 0 Å². The van der Waals surface area contributed by atoms with Crippen LogP contribution < -0.4 is 15.4 Å². The van der Waals surface area contributed by atoms with Crippen molar-refractivity contribution in [2.75, 3.05) is 17.7 Å². The molecule has 9 heteroatoms. The molecule has 2 heterocycles. The van der Waals surface area contributed by atoms with E-state index >= 15 is 0 Å². The molecular weight excluding hydrogens is 432 g/mol. The van der Waals surface area contributed by atoms with Crippen LogP contribution in [0.1, 0.15) is 22.0 Å². The van der Waals surface area contributed by atoms with E-state index in [1.807, 2.05) is 42.5 Å². The number of hydrogen-bond acceptors (Lipinski definition) is 5. The quantitative estimate of drug-likeness (QED) is 0.512. The summed E-state index contributed by atoms with van der Waals surface area (Å²) >= 11 is 6.13. The first kappa shape index (κ1) is 21.2. The van der Waals surface area contributed by atoms with Gasteiger partial charge in [-0.1, -0.05) is 54.1 Å². The monoisotopic (exact) mass is 450 g/mol. The van der Waals surface area contributed by atoms with Crippen LogP contribution in [-0.4, -0.2) is 33.9 Å². The number of amides is 1. The van der Waals surface area contributed by atoms with E-state index in [1.165, 1.54) is 19.4 Å². The minimum Gasteiger partial charge on any atom is -0.495 e. The van der Waals surface area contributed by atoms with Gasteiger partial charge in [0.15, 0.2) is 0 Å². The third-order valence-electron chi connectivity index (χ3n) is 4.84. The van der Waals surface area contributed by atoms with Crippen LogP contribution in [0.4, 0.5) is 11.5 Å². The highest BCUT2D eigenvalue weighted by molar-refractivity contribution is 6.32. The zero-order chi connectivity index (χ0) is 22.7. The Hall–Kier alpha value is -4.04. The Bertz CT molecular complexity index is 1230. The SMILES string of the molecule is COc1ccc(NC(=O)c2cnn3c2NC(C(=O)O)=CC3C=Cc2ccccc2)cc1Cl. The lowest BCUT2D eigenvalue weighted by Gasteiger charge is -2.22. The second-order valence-corrected chi connectivity index (χ2v) is 7.33. The molecule has 32 heavy (non-hydrogen) atoms. The average Bonchev–Trinajstić information content (AvgIpc) is 3.22. The molecule has 0 radical (unpaired) electrons. The Morgan fingerprint density at radius 1 is 1.25 bits per heavy atom. The predicted molar refractivity (Wildman–Crippen MR) is 122 cm³/mol. The van der Waals surface area contributed by atoms with E-state index in [4.69, 9.17) is 16.3 Å². The second kappa shape index (κ2) is 8.99. The molecule has 0 fully saturated rings. The van der Waals surface area contributed by atoms with E-state index in [9.17, 15) is 14.7 Å². The number of nitrogens with one attached hydrogen (secondary N) is 2. The first-order chi connectivity index (χ1) is 15.5. The number of aromatic nitrogens is 2. The van der Waals surface area contributed by atoms with Gasteiger partial charge in [-0.15, -0.1) is 0 Å². The van der Waals surface area contributed by atoms with Crippen LogP contribution in [-0.2, 0) is 4.79 Å². The Morgan fingerprint density at radius 2 is 2.03 bits per heavy atom. The maximum atomic E-state index is 12.9. The largest absolute Gasteiger partial charge is 0.495 e. The molecule has 0 saturated carbocycles. The molecule has 3 N–H and O–H groups in total. The van der Waals surface area contributed by atoms with Gasteiger partial charge in [0, 0.05) is 5.69 Å². The summed E-state index contributed by atoms with van der Waals surface area (Å²) in [6, 6.07) is 14.0. The predicted octanol–water partition coefficient (Wildman–Crippen LogP) is 4.45. The highest BCUT2D eigenvalue weighted by Gasteiger charge is 2.27. The van der Waals surface area contributed by atoms with Crippen molar-refractivity contribution < 1.29 is 19.4 Å². The Morgan fingerprint density at radius 3 is 2.72 bits per heavy atom. The van der Waals surface area contributed by atoms with Crippen molar-refractivity contribution in [1.82, 2.24) is 9.78 Å². The molecule has 1 amide bonds. The number of halogens is 1. The van der Waals surface area contributed by atoms with Gasteiger partial charge in [0.1, 0.15) is 22.8 Å². The summed E-state index contributed by atoms with van der Waals surface area (Å²) in [7, 11) is 1.50. The molecule has 162 valence electrons. The number of ether oxygens (including phenoxy) is 1. The number of carbonyl (C=O) groups is 2. The highest BCUT2D eigenvalue weighted by Crippen LogP contribution is 2.31. The van der Waals surface area contributed by atoms with E-state index in [1.54, 1.807) is 22.9 Å². The highest BCUT2D eigenvalue weighted by atomic mass is 35.5. The number of nitrogens with zero attached hydrogens (tertiary/aromatic N) is 2. The second-order valence-electron chi connectivity index (χ2n) is 6.93. The van der Waals surface area contributed by atoms with Crippen molar-refractivity contribution >= 4 is 41.1 Å². The van der Waals surface area contributed by atoms with Crippen molar-refractivity contribution in [3.05, 3.63) is 88.7 Å². The number of rotatable bonds is 6. The van der Waals surface area contributed by atoms with E-state index in [2.05, 4.69) is 15.7 Å². The van der Waals surface area contributed by atoms with E-state index in [0.29, 0.717) is 16.5 Å². The summed E-state index contributed by atoms with van der Waals surface area (Å²) in [4.78, 5) is 24.6. The molecule has 1 atom stereocenters. The maximum absolute atomic E-state index is 12.9. The van der Waals surface area contributed by atoms with Crippen molar-refractivity contribution in [1.29, 1.82) is 0 Å². The fourth-order valence-electron chi connectivity index (χ4n) is 3.27. The molecule has 3 aromatic rings. The number of fused-ring (bicyclic) bond motifs is 1. The van der Waals surface area contributed by atoms with E-state index in [0.717, 1.165) is 5.56 Å². The normalized spacial score (nSPS) is 14.9. The molecule has 1 aliphatic heterocycles. The number of carboxylic acid groups (broad SMARTS) is 1. The molecule has 0 spiro atoms. The summed E-state index contributed by atoms with van der Waals surface area (Å²) in [6.07, 6.45) is 6.62. The van der Waals surface area contributed by atoms with Gasteiger partial charge in [0.25, 0.3) is 5.91 Å². The lowest BCUT2D eigenvalue weighted by Crippen LogP contribution is -2.24. The van der Waals surface area contributed by atoms with Gasteiger partial charge in [-0.3, -0.25) is 4.79 Å². The van der Waals surface area contributed by atoms with Gasteiger partial charge in [-0.25, -0.2) is 9.48 Å². The molecule has 0 bridgehead atoms. The van der Waals surface area contributed by atoms with Crippen molar-refractivity contribution in [3.8, 4) is 5.75 Å². The average molecular weight is 451 g/mol. The topological polar surface area (TPSA) is 105 Å². The van der Waals surface area contributed by atoms with Crippen LogP contribution in [0.3, 0.4) is 0 Å². The zero-order valence-corrected chi connectivity index (χ0v) is 17.7. The summed E-state index contributed by atoms with van der Waals surface area (Å²) in [5.74, 6) is -0.829. The van der Waals surface area contributed by atoms with Crippen LogP contribution in [0.15, 0.2) is 72.6 Å². The van der Waals surface area contributed by atoms with Crippen molar-refractivity contribution in [3.63, 3.8) is 0 Å².